The van der Waals surface area contributed by atoms with Gasteiger partial charge >= 0.3 is 0 Å². The van der Waals surface area contributed by atoms with Gasteiger partial charge in [0, 0.05) is 41.7 Å². The monoisotopic (exact) mass is 399 g/mol. The first-order chi connectivity index (χ1) is 12.7. The third-order valence-corrected chi connectivity index (χ3v) is 6.09. The average molecular weight is 400 g/mol. The van der Waals surface area contributed by atoms with E-state index < -0.39 is 0 Å². The van der Waals surface area contributed by atoms with Gasteiger partial charge in [0.25, 0.3) is 0 Å². The van der Waals surface area contributed by atoms with Crippen molar-refractivity contribution in [2.75, 3.05) is 0 Å². The summed E-state index contributed by atoms with van der Waals surface area (Å²) in [7, 11) is 1.97. The molecule has 0 amide bonds. The van der Waals surface area contributed by atoms with Crippen molar-refractivity contribution >= 4 is 34.7 Å². The Morgan fingerprint density at radius 1 is 1.12 bits per heavy atom. The Morgan fingerprint density at radius 2 is 1.92 bits per heavy atom. The number of benzene rings is 1. The number of pyridine rings is 1. The third kappa shape index (κ3) is 3.51. The van der Waals surface area contributed by atoms with Gasteiger partial charge in [-0.25, -0.2) is 4.98 Å². The molecule has 0 aliphatic carbocycles. The van der Waals surface area contributed by atoms with E-state index in [2.05, 4.69) is 20.6 Å². The van der Waals surface area contributed by atoms with Crippen LogP contribution in [0, 0.1) is 0 Å². The number of hydrogen-bond donors (Lipinski definition) is 0. The lowest BCUT2D eigenvalue weighted by Gasteiger charge is -2.03. The Labute approximate surface area is 164 Å². The van der Waals surface area contributed by atoms with Gasteiger partial charge in [-0.1, -0.05) is 41.6 Å². The van der Waals surface area contributed by atoms with Crippen molar-refractivity contribution in [3.63, 3.8) is 0 Å². The summed E-state index contributed by atoms with van der Waals surface area (Å²) in [5.41, 5.74) is 2.97. The third-order valence-electron chi connectivity index (χ3n) is 3.78. The number of rotatable bonds is 5. The van der Waals surface area contributed by atoms with Crippen molar-refractivity contribution in [1.29, 1.82) is 0 Å². The van der Waals surface area contributed by atoms with Crippen molar-refractivity contribution in [1.82, 2.24) is 24.7 Å². The van der Waals surface area contributed by atoms with Crippen LogP contribution in [0.2, 0.25) is 5.02 Å². The van der Waals surface area contributed by atoms with Crippen LogP contribution in [0.1, 0.15) is 5.69 Å². The second-order valence-corrected chi connectivity index (χ2v) is 7.72. The molecular weight excluding hydrogens is 386 g/mol. The van der Waals surface area contributed by atoms with Crippen LogP contribution in [-0.2, 0) is 12.8 Å². The second kappa shape index (κ2) is 7.57. The maximum absolute atomic E-state index is 6.26. The van der Waals surface area contributed by atoms with E-state index in [1.165, 1.54) is 0 Å². The molecule has 5 nitrogen and oxygen atoms in total. The van der Waals surface area contributed by atoms with Crippen molar-refractivity contribution in [3.05, 3.63) is 64.9 Å². The first-order valence-corrected chi connectivity index (χ1v) is 10.1. The van der Waals surface area contributed by atoms with E-state index in [1.807, 2.05) is 48.0 Å². The molecule has 26 heavy (non-hydrogen) atoms. The highest BCUT2D eigenvalue weighted by molar-refractivity contribution is 7.98. The Balaban J connectivity index is 1.49. The average Bonchev–Trinajstić information content (AvgIpc) is 3.28. The minimum absolute atomic E-state index is 0.719. The molecule has 4 aromatic rings. The maximum atomic E-state index is 6.26. The predicted octanol–water partition coefficient (Wildman–Crippen LogP) is 4.95. The molecule has 0 aliphatic heterocycles. The first-order valence-electron chi connectivity index (χ1n) is 7.84. The number of thioether (sulfide) groups is 1. The summed E-state index contributed by atoms with van der Waals surface area (Å²) in [6, 6.07) is 11.6. The van der Waals surface area contributed by atoms with E-state index in [1.54, 1.807) is 35.5 Å². The lowest BCUT2D eigenvalue weighted by Crippen LogP contribution is -1.95. The Morgan fingerprint density at radius 3 is 2.73 bits per heavy atom. The highest BCUT2D eigenvalue weighted by atomic mass is 35.5. The molecule has 1 aromatic carbocycles. The second-order valence-electron chi connectivity index (χ2n) is 5.51. The lowest BCUT2D eigenvalue weighted by molar-refractivity contribution is 0.793. The molecule has 4 rings (SSSR count). The topological polar surface area (TPSA) is 56.5 Å². The number of aromatic nitrogens is 5. The van der Waals surface area contributed by atoms with Gasteiger partial charge in [0.15, 0.2) is 11.0 Å². The molecule has 0 spiro atoms. The highest BCUT2D eigenvalue weighted by Gasteiger charge is 2.13. The van der Waals surface area contributed by atoms with Crippen LogP contribution >= 0.6 is 34.7 Å². The summed E-state index contributed by atoms with van der Waals surface area (Å²) < 4.78 is 1.99. The molecular formula is C18H14ClN5S2. The molecule has 0 fully saturated rings. The Hall–Kier alpha value is -2.22. The molecule has 3 heterocycles. The summed E-state index contributed by atoms with van der Waals surface area (Å²) in [5.74, 6) is 1.55. The molecule has 0 radical (unpaired) electrons. The summed E-state index contributed by atoms with van der Waals surface area (Å²) in [6.07, 6.45) is 3.50. The van der Waals surface area contributed by atoms with Crippen molar-refractivity contribution in [3.8, 4) is 22.0 Å². The molecule has 130 valence electrons. The fourth-order valence-electron chi connectivity index (χ4n) is 2.46. The first kappa shape index (κ1) is 17.2. The van der Waals surface area contributed by atoms with Crippen LogP contribution in [0.4, 0.5) is 0 Å². The van der Waals surface area contributed by atoms with E-state index in [9.17, 15) is 0 Å². The largest absolute Gasteiger partial charge is 0.305 e. The van der Waals surface area contributed by atoms with Gasteiger partial charge in [0.1, 0.15) is 5.01 Å². The van der Waals surface area contributed by atoms with Crippen LogP contribution in [0.5, 0.6) is 0 Å². The van der Waals surface area contributed by atoms with Crippen molar-refractivity contribution < 1.29 is 0 Å². The van der Waals surface area contributed by atoms with Gasteiger partial charge in [-0.3, -0.25) is 4.98 Å². The maximum Gasteiger partial charge on any atom is 0.191 e. The molecule has 0 bridgehead atoms. The zero-order chi connectivity index (χ0) is 17.9. The van der Waals surface area contributed by atoms with Gasteiger partial charge in [-0.15, -0.1) is 21.5 Å². The molecule has 0 aliphatic rings. The lowest BCUT2D eigenvalue weighted by atomic mass is 10.2. The summed E-state index contributed by atoms with van der Waals surface area (Å²) in [5, 5.41) is 13.2. The van der Waals surface area contributed by atoms with E-state index in [-0.39, 0.29) is 0 Å². The summed E-state index contributed by atoms with van der Waals surface area (Å²) in [4.78, 5) is 8.74. The Bertz CT molecular complexity index is 1030. The fraction of sp³-hybridized carbons (Fsp3) is 0.111. The number of halogens is 1. The number of nitrogens with zero attached hydrogens (tertiary/aromatic N) is 5. The molecule has 0 saturated heterocycles. The van der Waals surface area contributed by atoms with Crippen LogP contribution < -0.4 is 0 Å². The van der Waals surface area contributed by atoms with Crippen LogP contribution in [0.3, 0.4) is 0 Å². The highest BCUT2D eigenvalue weighted by Crippen LogP contribution is 2.32. The zero-order valence-electron chi connectivity index (χ0n) is 13.8. The molecule has 0 unspecified atom stereocenters. The van der Waals surface area contributed by atoms with Crippen LogP contribution in [0.25, 0.3) is 22.0 Å². The quantitative estimate of drug-likeness (QED) is 0.444. The summed E-state index contributed by atoms with van der Waals surface area (Å²) in [6.45, 7) is 0. The van der Waals surface area contributed by atoms with Crippen molar-refractivity contribution in [2.24, 2.45) is 7.05 Å². The van der Waals surface area contributed by atoms with E-state index in [4.69, 9.17) is 16.6 Å². The molecule has 8 heteroatoms. The summed E-state index contributed by atoms with van der Waals surface area (Å²) >= 11 is 9.47. The minimum Gasteiger partial charge on any atom is -0.305 e. The smallest absolute Gasteiger partial charge is 0.191 e. The van der Waals surface area contributed by atoms with Gasteiger partial charge in [0.2, 0.25) is 0 Å². The van der Waals surface area contributed by atoms with Crippen LogP contribution in [-0.4, -0.2) is 24.7 Å². The van der Waals surface area contributed by atoms with Crippen molar-refractivity contribution in [2.45, 2.75) is 10.9 Å². The van der Waals surface area contributed by atoms with E-state index in [0.29, 0.717) is 0 Å². The molecule has 0 N–H and O–H groups in total. The molecule has 0 saturated carbocycles. The van der Waals surface area contributed by atoms with Gasteiger partial charge in [-0.05, 0) is 18.2 Å². The normalized spacial score (nSPS) is 11.0. The molecule has 3 aromatic heterocycles. The number of hydrogen-bond acceptors (Lipinski definition) is 6. The molecule has 0 atom stereocenters. The zero-order valence-corrected chi connectivity index (χ0v) is 16.2. The standard InChI is InChI=1S/C18H14ClN5S2/c1-24-16(12-6-8-20-9-7-12)22-23-18(24)26-11-13-10-25-17(21-13)14-4-2-3-5-15(14)19/h2-10H,11H2,1H3. The van der Waals surface area contributed by atoms with E-state index in [0.717, 1.165) is 43.6 Å². The van der Waals surface area contributed by atoms with E-state index >= 15 is 0 Å². The Kier molecular flexibility index (Phi) is 5.01. The van der Waals surface area contributed by atoms with Gasteiger partial charge < -0.3 is 4.57 Å². The van der Waals surface area contributed by atoms with Crippen LogP contribution in [0.15, 0.2) is 59.3 Å². The SMILES string of the molecule is Cn1c(SCc2csc(-c3ccccc3Cl)n2)nnc1-c1ccncc1. The predicted molar refractivity (Wildman–Crippen MR) is 106 cm³/mol. The number of thiazole rings is 1. The minimum atomic E-state index is 0.719. The van der Waals surface area contributed by atoms with Gasteiger partial charge in [0.05, 0.1) is 10.7 Å². The van der Waals surface area contributed by atoms with Gasteiger partial charge in [-0.2, -0.15) is 0 Å². The fourth-order valence-corrected chi connectivity index (χ4v) is 4.51.